The van der Waals surface area contributed by atoms with Gasteiger partial charge in [-0.2, -0.15) is 0 Å². The zero-order valence-corrected chi connectivity index (χ0v) is 14.9. The molecule has 1 aliphatic carbocycles. The largest absolute Gasteiger partial charge is 0.497 e. The highest BCUT2D eigenvalue weighted by atomic mass is 16.5. The van der Waals surface area contributed by atoms with Gasteiger partial charge in [0.05, 0.1) is 21.3 Å². The summed E-state index contributed by atoms with van der Waals surface area (Å²) in [4.78, 5) is 25.2. The van der Waals surface area contributed by atoms with Crippen molar-refractivity contribution in [2.45, 2.75) is 5.92 Å². The average Bonchev–Trinajstić information content (AvgIpc) is 2.97. The van der Waals surface area contributed by atoms with E-state index < -0.39 is 17.8 Å². The maximum atomic E-state index is 12.9. The maximum Gasteiger partial charge on any atom is 0.317 e. The highest BCUT2D eigenvalue weighted by Gasteiger charge is 2.46. The van der Waals surface area contributed by atoms with E-state index in [1.807, 2.05) is 42.5 Å². The van der Waals surface area contributed by atoms with Crippen molar-refractivity contribution < 1.29 is 23.8 Å². The predicted molar refractivity (Wildman–Crippen MR) is 97.6 cm³/mol. The molecule has 3 rings (SSSR count). The predicted octanol–water partition coefficient (Wildman–Crippen LogP) is 3.49. The second-order valence-corrected chi connectivity index (χ2v) is 5.95. The van der Waals surface area contributed by atoms with Crippen LogP contribution < -0.4 is 9.47 Å². The van der Waals surface area contributed by atoms with Crippen molar-refractivity contribution in [3.8, 4) is 11.5 Å². The number of carbonyl (C=O) groups is 2. The van der Waals surface area contributed by atoms with Gasteiger partial charge in [0.1, 0.15) is 17.4 Å². The number of esters is 1. The van der Waals surface area contributed by atoms with E-state index in [2.05, 4.69) is 0 Å². The van der Waals surface area contributed by atoms with Gasteiger partial charge in [-0.15, -0.1) is 0 Å². The lowest BCUT2D eigenvalue weighted by atomic mass is 9.90. The molecule has 0 fully saturated rings. The Labute approximate surface area is 152 Å². The lowest BCUT2D eigenvalue weighted by Gasteiger charge is -2.16. The van der Waals surface area contributed by atoms with Crippen LogP contribution >= 0.6 is 0 Å². The molecule has 2 aromatic carbocycles. The van der Waals surface area contributed by atoms with E-state index in [1.54, 1.807) is 12.1 Å². The van der Waals surface area contributed by atoms with Crippen LogP contribution in [0.15, 0.2) is 48.5 Å². The van der Waals surface area contributed by atoms with Crippen molar-refractivity contribution >= 4 is 17.8 Å². The minimum Gasteiger partial charge on any atom is -0.497 e. The Morgan fingerprint density at radius 3 is 2.38 bits per heavy atom. The van der Waals surface area contributed by atoms with Gasteiger partial charge in [-0.3, -0.25) is 9.59 Å². The quantitative estimate of drug-likeness (QED) is 0.609. The van der Waals surface area contributed by atoms with Gasteiger partial charge in [0.2, 0.25) is 0 Å². The van der Waals surface area contributed by atoms with E-state index in [0.29, 0.717) is 22.6 Å². The van der Waals surface area contributed by atoms with E-state index >= 15 is 0 Å². The molecule has 1 aliphatic rings. The van der Waals surface area contributed by atoms with Crippen LogP contribution in [0.2, 0.25) is 0 Å². The Morgan fingerprint density at radius 2 is 1.77 bits per heavy atom. The van der Waals surface area contributed by atoms with Gasteiger partial charge < -0.3 is 14.2 Å². The number of allylic oxidation sites excluding steroid dienone is 1. The zero-order valence-electron chi connectivity index (χ0n) is 14.9. The van der Waals surface area contributed by atoms with E-state index in [-0.39, 0.29) is 5.78 Å². The van der Waals surface area contributed by atoms with Crippen molar-refractivity contribution in [2.75, 3.05) is 21.3 Å². The molecular formula is C21H20O5. The van der Waals surface area contributed by atoms with Gasteiger partial charge in [-0.1, -0.05) is 42.5 Å². The third kappa shape index (κ3) is 3.08. The fraction of sp³-hybridized carbons (Fsp3) is 0.238. The molecule has 0 saturated heterocycles. The molecule has 0 aromatic heterocycles. The van der Waals surface area contributed by atoms with Crippen LogP contribution in [-0.4, -0.2) is 33.1 Å². The Morgan fingerprint density at radius 1 is 1.04 bits per heavy atom. The summed E-state index contributed by atoms with van der Waals surface area (Å²) in [5.41, 5.74) is 2.09. The van der Waals surface area contributed by atoms with Crippen molar-refractivity contribution in [2.24, 2.45) is 5.92 Å². The normalized spacial score (nSPS) is 18.7. The lowest BCUT2D eigenvalue weighted by molar-refractivity contribution is -0.143. The Balaban J connectivity index is 2.12. The van der Waals surface area contributed by atoms with Crippen LogP contribution in [0, 0.1) is 5.92 Å². The summed E-state index contributed by atoms with van der Waals surface area (Å²) >= 11 is 0. The number of benzene rings is 2. The van der Waals surface area contributed by atoms with Crippen LogP contribution in [0.1, 0.15) is 27.4 Å². The first-order valence-electron chi connectivity index (χ1n) is 8.22. The maximum absolute atomic E-state index is 12.9. The monoisotopic (exact) mass is 352 g/mol. The number of hydrogen-bond acceptors (Lipinski definition) is 5. The standard InChI is InChI=1S/C21H20O5/c1-24-14-11-16-18(17(12-14)25-2)15(19(20(16)22)21(23)26-3)10-9-13-7-5-4-6-8-13/h4-12,15,19H,1-3H3/b10-9+/t15-,19+/m0/s1. The molecule has 0 saturated carbocycles. The SMILES string of the molecule is COC(=O)[C@H]1C(=O)c2cc(OC)cc(OC)c2[C@@H]1/C=C/c1ccccc1. The first-order valence-corrected chi connectivity index (χ1v) is 8.22. The molecule has 0 aliphatic heterocycles. The highest BCUT2D eigenvalue weighted by Crippen LogP contribution is 2.46. The molecule has 0 bridgehead atoms. The number of hydrogen-bond donors (Lipinski definition) is 0. The lowest BCUT2D eigenvalue weighted by Crippen LogP contribution is -2.24. The average molecular weight is 352 g/mol. The third-order valence-corrected chi connectivity index (χ3v) is 4.56. The zero-order chi connectivity index (χ0) is 18.7. The molecule has 2 atom stereocenters. The Kier molecular flexibility index (Phi) is 5.07. The fourth-order valence-corrected chi connectivity index (χ4v) is 3.30. The number of fused-ring (bicyclic) bond motifs is 1. The van der Waals surface area contributed by atoms with Gasteiger partial charge in [0.25, 0.3) is 0 Å². The second kappa shape index (κ2) is 7.44. The van der Waals surface area contributed by atoms with Gasteiger partial charge in [-0.05, 0) is 11.6 Å². The van der Waals surface area contributed by atoms with Gasteiger partial charge in [0, 0.05) is 23.1 Å². The Bertz CT molecular complexity index is 854. The van der Waals surface area contributed by atoms with Crippen LogP contribution in [-0.2, 0) is 9.53 Å². The second-order valence-electron chi connectivity index (χ2n) is 5.95. The first kappa shape index (κ1) is 17.7. The van der Waals surface area contributed by atoms with E-state index in [1.165, 1.54) is 21.3 Å². The molecule has 2 aromatic rings. The first-order chi connectivity index (χ1) is 12.6. The van der Waals surface area contributed by atoms with Gasteiger partial charge >= 0.3 is 5.97 Å². The van der Waals surface area contributed by atoms with Gasteiger partial charge in [0.15, 0.2) is 5.78 Å². The molecule has 0 amide bonds. The van der Waals surface area contributed by atoms with E-state index in [9.17, 15) is 9.59 Å². The third-order valence-electron chi connectivity index (χ3n) is 4.56. The number of carbonyl (C=O) groups excluding carboxylic acids is 2. The van der Waals surface area contributed by atoms with Crippen LogP contribution in [0.5, 0.6) is 11.5 Å². The molecule has 26 heavy (non-hydrogen) atoms. The molecule has 5 nitrogen and oxygen atoms in total. The number of ketones is 1. The van der Waals surface area contributed by atoms with Crippen LogP contribution in [0.3, 0.4) is 0 Å². The summed E-state index contributed by atoms with van der Waals surface area (Å²) < 4.78 is 15.6. The van der Waals surface area contributed by atoms with E-state index in [0.717, 1.165) is 5.56 Å². The summed E-state index contributed by atoms with van der Waals surface area (Å²) in [6.45, 7) is 0. The summed E-state index contributed by atoms with van der Waals surface area (Å²) in [6.07, 6.45) is 3.75. The molecule has 0 radical (unpaired) electrons. The summed E-state index contributed by atoms with van der Waals surface area (Å²) in [6, 6.07) is 13.0. The smallest absolute Gasteiger partial charge is 0.317 e. The molecule has 134 valence electrons. The molecule has 0 spiro atoms. The Hall–Kier alpha value is -3.08. The van der Waals surface area contributed by atoms with Crippen molar-refractivity contribution in [3.63, 3.8) is 0 Å². The van der Waals surface area contributed by atoms with Gasteiger partial charge in [-0.25, -0.2) is 0 Å². The summed E-state index contributed by atoms with van der Waals surface area (Å²) in [5, 5.41) is 0. The summed E-state index contributed by atoms with van der Waals surface area (Å²) in [5.74, 6) is -1.23. The number of Topliss-reactive ketones (excluding diaryl/α,β-unsaturated/α-hetero) is 1. The summed E-state index contributed by atoms with van der Waals surface area (Å²) in [7, 11) is 4.34. The molecule has 5 heteroatoms. The molecular weight excluding hydrogens is 332 g/mol. The molecule has 0 N–H and O–H groups in total. The molecule has 0 heterocycles. The van der Waals surface area contributed by atoms with Crippen molar-refractivity contribution in [1.82, 2.24) is 0 Å². The fourth-order valence-electron chi connectivity index (χ4n) is 3.30. The van der Waals surface area contributed by atoms with Crippen molar-refractivity contribution in [3.05, 3.63) is 65.2 Å². The minimum absolute atomic E-state index is 0.285. The number of rotatable bonds is 5. The molecule has 0 unspecified atom stereocenters. The highest BCUT2D eigenvalue weighted by molar-refractivity contribution is 6.14. The van der Waals surface area contributed by atoms with E-state index in [4.69, 9.17) is 14.2 Å². The van der Waals surface area contributed by atoms with Crippen LogP contribution in [0.25, 0.3) is 6.08 Å². The number of ether oxygens (including phenoxy) is 3. The number of methoxy groups -OCH3 is 3. The minimum atomic E-state index is -0.934. The topological polar surface area (TPSA) is 61.8 Å². The van der Waals surface area contributed by atoms with Crippen LogP contribution in [0.4, 0.5) is 0 Å². The van der Waals surface area contributed by atoms with Crippen molar-refractivity contribution in [1.29, 1.82) is 0 Å².